The number of halogens is 2. The van der Waals surface area contributed by atoms with Gasteiger partial charge in [-0.15, -0.1) is 0 Å². The van der Waals surface area contributed by atoms with Gasteiger partial charge in [0.15, 0.2) is 0 Å². The highest BCUT2D eigenvalue weighted by atomic mass is 35.5. The van der Waals surface area contributed by atoms with Gasteiger partial charge in [0.05, 0.1) is 27.0 Å². The Hall–Kier alpha value is -3.48. The Balaban J connectivity index is 2.05. The van der Waals surface area contributed by atoms with E-state index in [9.17, 15) is 20.2 Å². The number of hydrogen-bond donors (Lipinski definition) is 0. The summed E-state index contributed by atoms with van der Waals surface area (Å²) in [6, 6.07) is 16.2. The zero-order valence-electron chi connectivity index (χ0n) is 15.4. The Kier molecular flexibility index (Phi) is 6.61. The van der Waals surface area contributed by atoms with Crippen molar-refractivity contribution >= 4 is 58.9 Å². The Labute approximate surface area is 182 Å². The maximum atomic E-state index is 11.5. The molecule has 0 aromatic heterocycles. The van der Waals surface area contributed by atoms with Crippen LogP contribution in [0.3, 0.4) is 0 Å². The summed E-state index contributed by atoms with van der Waals surface area (Å²) in [5.74, 6) is 0. The fourth-order valence-corrected chi connectivity index (χ4v) is 2.97. The van der Waals surface area contributed by atoms with Crippen LogP contribution in [0.5, 0.6) is 0 Å². The molecule has 0 saturated heterocycles. The highest BCUT2D eigenvalue weighted by molar-refractivity contribution is 6.30. The molecule has 0 bridgehead atoms. The summed E-state index contributed by atoms with van der Waals surface area (Å²) in [7, 11) is 0. The molecule has 6 nitrogen and oxygen atoms in total. The standard InChI is InChI=1S/C22H14Cl2N2O4/c23-19-9-3-15(4-10-19)1-7-17-13-18(8-2-16-5-11-20(24)12-6-16)22(26(29)30)14-21(17)25(27)28/h1-14H/b7-1-,8-2+. The van der Waals surface area contributed by atoms with Crippen LogP contribution in [-0.4, -0.2) is 9.85 Å². The first kappa shape index (κ1) is 21.2. The topological polar surface area (TPSA) is 86.3 Å². The van der Waals surface area contributed by atoms with Crippen molar-refractivity contribution in [1.29, 1.82) is 0 Å². The van der Waals surface area contributed by atoms with Crippen LogP contribution in [0.2, 0.25) is 10.0 Å². The molecule has 0 atom stereocenters. The van der Waals surface area contributed by atoms with Gasteiger partial charge >= 0.3 is 0 Å². The van der Waals surface area contributed by atoms with E-state index >= 15 is 0 Å². The summed E-state index contributed by atoms with van der Waals surface area (Å²) in [5.41, 5.74) is 1.36. The molecule has 0 amide bonds. The molecule has 3 aromatic carbocycles. The van der Waals surface area contributed by atoms with Crippen molar-refractivity contribution in [2.75, 3.05) is 0 Å². The number of benzene rings is 3. The molecule has 0 aliphatic heterocycles. The van der Waals surface area contributed by atoms with Crippen molar-refractivity contribution in [3.8, 4) is 0 Å². The fourth-order valence-electron chi connectivity index (χ4n) is 2.71. The SMILES string of the molecule is O=[N+]([O-])c1cc([N+](=O)[O-])c(/C=C/c2ccc(Cl)cc2)cc1/C=C\c1ccc(Cl)cc1. The van der Waals surface area contributed by atoms with Crippen molar-refractivity contribution in [2.45, 2.75) is 0 Å². The van der Waals surface area contributed by atoms with Crippen molar-refractivity contribution in [3.63, 3.8) is 0 Å². The maximum absolute atomic E-state index is 11.5. The smallest absolute Gasteiger partial charge is 0.258 e. The molecule has 8 heteroatoms. The van der Waals surface area contributed by atoms with Gasteiger partial charge in [-0.05, 0) is 53.6 Å². The monoisotopic (exact) mass is 440 g/mol. The molecule has 30 heavy (non-hydrogen) atoms. The van der Waals surface area contributed by atoms with Gasteiger partial charge in [-0.1, -0.05) is 59.6 Å². The van der Waals surface area contributed by atoms with Crippen LogP contribution >= 0.6 is 23.2 Å². The number of hydrogen-bond acceptors (Lipinski definition) is 4. The second kappa shape index (κ2) is 9.35. The highest BCUT2D eigenvalue weighted by Crippen LogP contribution is 2.32. The number of nitro benzene ring substituents is 2. The van der Waals surface area contributed by atoms with Crippen LogP contribution in [-0.2, 0) is 0 Å². The minimum Gasteiger partial charge on any atom is -0.258 e. The number of rotatable bonds is 6. The van der Waals surface area contributed by atoms with E-state index < -0.39 is 9.85 Å². The molecular weight excluding hydrogens is 427 g/mol. The first-order valence-electron chi connectivity index (χ1n) is 8.67. The third-order valence-corrected chi connectivity index (χ3v) is 4.72. The summed E-state index contributed by atoms with van der Waals surface area (Å²) in [6.07, 6.45) is 6.45. The van der Waals surface area contributed by atoms with E-state index in [-0.39, 0.29) is 22.5 Å². The van der Waals surface area contributed by atoms with E-state index in [0.29, 0.717) is 10.0 Å². The molecule has 150 valence electrons. The summed E-state index contributed by atoms with van der Waals surface area (Å²) >= 11 is 11.7. The van der Waals surface area contributed by atoms with Crippen molar-refractivity contribution in [1.82, 2.24) is 0 Å². The second-order valence-corrected chi connectivity index (χ2v) is 7.13. The number of nitrogens with zero attached hydrogens (tertiary/aromatic N) is 2. The second-order valence-electron chi connectivity index (χ2n) is 6.25. The molecule has 0 saturated carbocycles. The van der Waals surface area contributed by atoms with E-state index in [0.717, 1.165) is 17.2 Å². The summed E-state index contributed by atoms with van der Waals surface area (Å²) in [5, 5.41) is 24.1. The van der Waals surface area contributed by atoms with Crippen LogP contribution < -0.4 is 0 Å². The zero-order valence-corrected chi connectivity index (χ0v) is 16.9. The van der Waals surface area contributed by atoms with E-state index in [1.54, 1.807) is 72.8 Å². The summed E-state index contributed by atoms with van der Waals surface area (Å²) < 4.78 is 0. The van der Waals surface area contributed by atoms with E-state index in [1.807, 2.05) is 0 Å². The number of nitro groups is 2. The molecule has 0 unspecified atom stereocenters. The molecular formula is C22H14Cl2N2O4. The molecule has 3 rings (SSSR count). The van der Waals surface area contributed by atoms with Crippen LogP contribution in [0.4, 0.5) is 11.4 Å². The van der Waals surface area contributed by atoms with Gasteiger partial charge in [-0.25, -0.2) is 0 Å². The average Bonchev–Trinajstić information content (AvgIpc) is 2.72. The predicted molar refractivity (Wildman–Crippen MR) is 121 cm³/mol. The third kappa shape index (κ3) is 5.31. The molecule has 0 N–H and O–H groups in total. The van der Waals surface area contributed by atoms with Crippen LogP contribution in [0.1, 0.15) is 22.3 Å². The first-order chi connectivity index (χ1) is 14.3. The normalized spacial score (nSPS) is 11.3. The van der Waals surface area contributed by atoms with E-state index in [4.69, 9.17) is 23.2 Å². The average molecular weight is 441 g/mol. The third-order valence-electron chi connectivity index (χ3n) is 4.22. The van der Waals surface area contributed by atoms with Crippen LogP contribution in [0.25, 0.3) is 24.3 Å². The quantitative estimate of drug-likeness (QED) is 0.231. The molecule has 0 radical (unpaired) electrons. The molecule has 0 fully saturated rings. The first-order valence-corrected chi connectivity index (χ1v) is 9.43. The predicted octanol–water partition coefficient (Wildman–Crippen LogP) is 7.15. The molecule has 0 spiro atoms. The fraction of sp³-hybridized carbons (Fsp3) is 0. The lowest BCUT2D eigenvalue weighted by atomic mass is 10.0. The van der Waals surface area contributed by atoms with Crippen molar-refractivity contribution in [2.24, 2.45) is 0 Å². The van der Waals surface area contributed by atoms with Gasteiger partial charge in [0.2, 0.25) is 0 Å². The van der Waals surface area contributed by atoms with Gasteiger partial charge in [0.25, 0.3) is 11.4 Å². The molecule has 0 aliphatic rings. The van der Waals surface area contributed by atoms with Crippen LogP contribution in [0.15, 0.2) is 60.7 Å². The summed E-state index contributed by atoms with van der Waals surface area (Å²) in [6.45, 7) is 0. The van der Waals surface area contributed by atoms with Gasteiger partial charge in [-0.3, -0.25) is 20.2 Å². The largest absolute Gasteiger partial charge is 0.283 e. The molecule has 0 aliphatic carbocycles. The Morgan fingerprint density at radius 1 is 0.600 bits per heavy atom. The minimum absolute atomic E-state index is 0.247. The van der Waals surface area contributed by atoms with E-state index in [1.165, 1.54) is 6.07 Å². The van der Waals surface area contributed by atoms with Gasteiger partial charge in [0.1, 0.15) is 0 Å². The Morgan fingerprint density at radius 2 is 0.967 bits per heavy atom. The highest BCUT2D eigenvalue weighted by Gasteiger charge is 2.22. The lowest BCUT2D eigenvalue weighted by Gasteiger charge is -2.03. The van der Waals surface area contributed by atoms with E-state index in [2.05, 4.69) is 0 Å². The summed E-state index contributed by atoms with van der Waals surface area (Å²) in [4.78, 5) is 21.7. The van der Waals surface area contributed by atoms with Crippen LogP contribution in [0, 0.1) is 20.2 Å². The van der Waals surface area contributed by atoms with Gasteiger partial charge in [-0.2, -0.15) is 0 Å². The Bertz CT molecular complexity index is 1070. The zero-order chi connectivity index (χ0) is 21.7. The lowest BCUT2D eigenvalue weighted by Crippen LogP contribution is -1.98. The van der Waals surface area contributed by atoms with Crippen molar-refractivity contribution in [3.05, 3.63) is 113 Å². The lowest BCUT2D eigenvalue weighted by molar-refractivity contribution is -0.394. The van der Waals surface area contributed by atoms with Gasteiger partial charge in [0, 0.05) is 10.0 Å². The van der Waals surface area contributed by atoms with Crippen molar-refractivity contribution < 1.29 is 9.85 Å². The minimum atomic E-state index is -0.638. The van der Waals surface area contributed by atoms with Gasteiger partial charge < -0.3 is 0 Å². The molecule has 3 aromatic rings. The molecule has 0 heterocycles. The maximum Gasteiger partial charge on any atom is 0.283 e. The Morgan fingerprint density at radius 3 is 1.30 bits per heavy atom.